The Balaban J connectivity index is 1.66. The molecule has 2 fully saturated rings. The minimum Gasteiger partial charge on any atom is -0.495 e. The maximum Gasteiger partial charge on any atom is 0.241 e. The molecule has 1 aromatic rings. The van der Waals surface area contributed by atoms with Crippen LogP contribution in [0.3, 0.4) is 0 Å². The van der Waals surface area contributed by atoms with Gasteiger partial charge in [-0.1, -0.05) is 24.1 Å². The largest absolute Gasteiger partial charge is 0.495 e. The second-order valence-corrected chi connectivity index (χ2v) is 8.11. The number of rotatable bonds is 6. The second kappa shape index (κ2) is 8.83. The van der Waals surface area contributed by atoms with Gasteiger partial charge in [0.2, 0.25) is 5.91 Å². The average molecular weight is 393 g/mol. The number of nitrogens with zero attached hydrogens (tertiary/aromatic N) is 2. The zero-order chi connectivity index (χ0) is 19.4. The van der Waals surface area contributed by atoms with Gasteiger partial charge < -0.3 is 20.3 Å². The number of halogens is 1. The minimum atomic E-state index is 0.0185. The predicted molar refractivity (Wildman–Crippen MR) is 108 cm³/mol. The monoisotopic (exact) mass is 392 g/mol. The van der Waals surface area contributed by atoms with Crippen molar-refractivity contribution in [3.63, 3.8) is 0 Å². The number of hydrogen-bond acceptors (Lipinski definition) is 3. The van der Waals surface area contributed by atoms with E-state index in [9.17, 15) is 4.79 Å². The summed E-state index contributed by atoms with van der Waals surface area (Å²) in [5, 5.41) is 7.32. The van der Waals surface area contributed by atoms with Crippen molar-refractivity contribution in [2.24, 2.45) is 16.8 Å². The van der Waals surface area contributed by atoms with Crippen LogP contribution >= 0.6 is 11.6 Å². The van der Waals surface area contributed by atoms with Crippen molar-refractivity contribution in [1.82, 2.24) is 15.5 Å². The number of likely N-dealkylation sites (N-methyl/N-ethyl adjacent to an activating group) is 1. The first-order valence-electron chi connectivity index (χ1n) is 9.53. The van der Waals surface area contributed by atoms with Gasteiger partial charge in [-0.2, -0.15) is 0 Å². The summed E-state index contributed by atoms with van der Waals surface area (Å²) in [6.45, 7) is 0.707. The molecule has 3 unspecified atom stereocenters. The molecule has 148 valence electrons. The van der Waals surface area contributed by atoms with E-state index in [0.29, 0.717) is 29.3 Å². The Kier molecular flexibility index (Phi) is 6.47. The summed E-state index contributed by atoms with van der Waals surface area (Å²) in [5.41, 5.74) is 0.994. The first-order valence-corrected chi connectivity index (χ1v) is 9.91. The molecule has 2 aliphatic carbocycles. The molecule has 2 bridgehead atoms. The van der Waals surface area contributed by atoms with Gasteiger partial charge in [0, 0.05) is 20.1 Å². The molecule has 7 heteroatoms. The Bertz CT molecular complexity index is 707. The van der Waals surface area contributed by atoms with Crippen LogP contribution in [0.25, 0.3) is 0 Å². The van der Waals surface area contributed by atoms with Gasteiger partial charge in [-0.3, -0.25) is 4.79 Å². The van der Waals surface area contributed by atoms with E-state index in [-0.39, 0.29) is 12.5 Å². The van der Waals surface area contributed by atoms with Crippen molar-refractivity contribution in [3.05, 3.63) is 28.8 Å². The summed E-state index contributed by atoms with van der Waals surface area (Å²) < 4.78 is 5.20. The van der Waals surface area contributed by atoms with Gasteiger partial charge in [-0.15, -0.1) is 0 Å². The van der Waals surface area contributed by atoms with Crippen molar-refractivity contribution in [2.75, 3.05) is 27.7 Å². The minimum absolute atomic E-state index is 0.0185. The highest BCUT2D eigenvalue weighted by Crippen LogP contribution is 2.44. The van der Waals surface area contributed by atoms with Crippen LogP contribution in [0.1, 0.15) is 31.2 Å². The van der Waals surface area contributed by atoms with Crippen LogP contribution in [0, 0.1) is 11.8 Å². The third kappa shape index (κ3) is 5.06. The third-order valence-corrected chi connectivity index (χ3v) is 5.90. The second-order valence-electron chi connectivity index (χ2n) is 7.70. The summed E-state index contributed by atoms with van der Waals surface area (Å²) in [7, 11) is 5.11. The molecule has 0 heterocycles. The van der Waals surface area contributed by atoms with Crippen LogP contribution < -0.4 is 15.4 Å². The Hall–Kier alpha value is -1.95. The Morgan fingerprint density at radius 3 is 2.74 bits per heavy atom. The van der Waals surface area contributed by atoms with Crippen LogP contribution in [0.15, 0.2) is 23.2 Å². The lowest BCUT2D eigenvalue weighted by atomic mass is 9.95. The van der Waals surface area contributed by atoms with Crippen molar-refractivity contribution < 1.29 is 9.53 Å². The quantitative estimate of drug-likeness (QED) is 0.577. The normalized spacial score (nSPS) is 24.0. The molecule has 3 rings (SSSR count). The molecule has 6 nitrogen and oxygen atoms in total. The van der Waals surface area contributed by atoms with Crippen molar-refractivity contribution in [2.45, 2.75) is 38.3 Å². The molecule has 2 aliphatic rings. The molecule has 2 saturated carbocycles. The molecule has 0 saturated heterocycles. The topological polar surface area (TPSA) is 66.0 Å². The standard InChI is InChI=1S/C20H29ClN4O2/c1-25(2)19(26)12-23-20(24-17-10-13-4-6-15(17)8-13)22-11-14-5-7-18(27-3)16(21)9-14/h5,7,9,13,15,17H,4,6,8,10-12H2,1-3H3,(H2,22,23,24). The summed E-state index contributed by atoms with van der Waals surface area (Å²) in [6.07, 6.45) is 5.16. The number of nitrogens with one attached hydrogen (secondary N) is 2. The molecule has 0 spiro atoms. The zero-order valence-corrected chi connectivity index (χ0v) is 17.1. The van der Waals surface area contributed by atoms with Crippen LogP contribution in [0.5, 0.6) is 5.75 Å². The van der Waals surface area contributed by atoms with Crippen LogP contribution in [-0.2, 0) is 11.3 Å². The molecule has 0 radical (unpaired) electrons. The Morgan fingerprint density at radius 2 is 2.15 bits per heavy atom. The highest BCUT2D eigenvalue weighted by Gasteiger charge is 2.39. The fourth-order valence-corrected chi connectivity index (χ4v) is 4.33. The molecule has 1 amide bonds. The fraction of sp³-hybridized carbons (Fsp3) is 0.600. The van der Waals surface area contributed by atoms with Gasteiger partial charge in [-0.25, -0.2) is 4.99 Å². The summed E-state index contributed by atoms with van der Waals surface area (Å²) in [6, 6.07) is 6.11. The van der Waals surface area contributed by atoms with E-state index in [2.05, 4.69) is 10.6 Å². The van der Waals surface area contributed by atoms with E-state index < -0.39 is 0 Å². The number of benzene rings is 1. The molecule has 0 aromatic heterocycles. The zero-order valence-electron chi connectivity index (χ0n) is 16.3. The molecular formula is C20H29ClN4O2. The lowest BCUT2D eigenvalue weighted by molar-refractivity contribution is -0.127. The van der Waals surface area contributed by atoms with Crippen LogP contribution in [0.2, 0.25) is 5.02 Å². The van der Waals surface area contributed by atoms with Gasteiger partial charge in [-0.05, 0) is 48.8 Å². The number of fused-ring (bicyclic) bond motifs is 2. The first kappa shape index (κ1) is 19.8. The Morgan fingerprint density at radius 1 is 1.33 bits per heavy atom. The molecule has 3 atom stereocenters. The summed E-state index contributed by atoms with van der Waals surface area (Å²) >= 11 is 6.21. The van der Waals surface area contributed by atoms with Crippen LogP contribution in [0.4, 0.5) is 0 Å². The van der Waals surface area contributed by atoms with E-state index >= 15 is 0 Å². The molecular weight excluding hydrogens is 364 g/mol. The number of methoxy groups -OCH3 is 1. The molecule has 1 aromatic carbocycles. The van der Waals surface area contributed by atoms with Gasteiger partial charge in [0.25, 0.3) is 0 Å². The Labute approximate surface area is 166 Å². The van der Waals surface area contributed by atoms with E-state index in [1.165, 1.54) is 25.7 Å². The van der Waals surface area contributed by atoms with Crippen LogP contribution in [-0.4, -0.2) is 50.6 Å². The SMILES string of the molecule is COc1ccc(CN=C(NCC(=O)N(C)C)NC2CC3CCC2C3)cc1Cl. The van der Waals surface area contributed by atoms with Crippen molar-refractivity contribution in [1.29, 1.82) is 0 Å². The molecule has 0 aliphatic heterocycles. The summed E-state index contributed by atoms with van der Waals surface area (Å²) in [5.74, 6) is 2.93. The first-order chi connectivity index (χ1) is 13.0. The maximum atomic E-state index is 12.0. The number of carbonyl (C=O) groups is 1. The van der Waals surface area contributed by atoms with Gasteiger partial charge >= 0.3 is 0 Å². The van der Waals surface area contributed by atoms with E-state index in [0.717, 1.165) is 17.4 Å². The van der Waals surface area contributed by atoms with E-state index in [4.69, 9.17) is 21.3 Å². The highest BCUT2D eigenvalue weighted by atomic mass is 35.5. The molecule has 27 heavy (non-hydrogen) atoms. The fourth-order valence-electron chi connectivity index (χ4n) is 4.05. The molecule has 2 N–H and O–H groups in total. The smallest absolute Gasteiger partial charge is 0.241 e. The number of ether oxygens (including phenoxy) is 1. The number of amides is 1. The van der Waals surface area contributed by atoms with E-state index in [1.54, 1.807) is 26.1 Å². The maximum absolute atomic E-state index is 12.0. The lowest BCUT2D eigenvalue weighted by Gasteiger charge is -2.25. The lowest BCUT2D eigenvalue weighted by Crippen LogP contribution is -2.48. The van der Waals surface area contributed by atoms with Crippen molar-refractivity contribution >= 4 is 23.5 Å². The van der Waals surface area contributed by atoms with Gasteiger partial charge in [0.15, 0.2) is 5.96 Å². The number of aliphatic imine (C=N–C) groups is 1. The van der Waals surface area contributed by atoms with Gasteiger partial charge in [0.1, 0.15) is 5.75 Å². The van der Waals surface area contributed by atoms with Gasteiger partial charge in [0.05, 0.1) is 25.2 Å². The summed E-state index contributed by atoms with van der Waals surface area (Å²) in [4.78, 5) is 18.2. The average Bonchev–Trinajstić information content (AvgIpc) is 3.26. The highest BCUT2D eigenvalue weighted by molar-refractivity contribution is 6.32. The number of guanidine groups is 1. The third-order valence-electron chi connectivity index (χ3n) is 5.60. The van der Waals surface area contributed by atoms with Crippen molar-refractivity contribution in [3.8, 4) is 5.75 Å². The number of hydrogen-bond donors (Lipinski definition) is 2. The van der Waals surface area contributed by atoms with E-state index in [1.807, 2.05) is 18.2 Å². The predicted octanol–water partition coefficient (Wildman–Crippen LogP) is 2.66. The number of carbonyl (C=O) groups excluding carboxylic acids is 1.